The molecule has 1 amide bonds. The zero-order valence-electron chi connectivity index (χ0n) is 16.7. The highest BCUT2D eigenvalue weighted by Crippen LogP contribution is 2.26. The van der Waals surface area contributed by atoms with Crippen molar-refractivity contribution >= 4 is 22.6 Å². The molecule has 5 nitrogen and oxygen atoms in total. The van der Waals surface area contributed by atoms with Gasteiger partial charge in [0.15, 0.2) is 0 Å². The number of rotatable bonds is 5. The quantitative estimate of drug-likeness (QED) is 0.663. The number of anilines is 1. The van der Waals surface area contributed by atoms with Gasteiger partial charge in [-0.2, -0.15) is 0 Å². The summed E-state index contributed by atoms with van der Waals surface area (Å²) in [5.74, 6) is 0.563. The summed E-state index contributed by atoms with van der Waals surface area (Å²) in [7, 11) is 0. The second kappa shape index (κ2) is 8.62. The van der Waals surface area contributed by atoms with Crippen LogP contribution in [-0.2, 0) is 17.8 Å². The Labute approximate surface area is 170 Å². The van der Waals surface area contributed by atoms with Gasteiger partial charge in [-0.05, 0) is 61.5 Å². The van der Waals surface area contributed by atoms with Gasteiger partial charge in [0.05, 0.1) is 0 Å². The van der Waals surface area contributed by atoms with Crippen LogP contribution in [0.2, 0.25) is 0 Å². The van der Waals surface area contributed by atoms with Gasteiger partial charge in [0.2, 0.25) is 5.91 Å². The minimum atomic E-state index is -0.355. The number of amides is 1. The molecule has 1 fully saturated rings. The topological polar surface area (TPSA) is 62.6 Å². The van der Waals surface area contributed by atoms with E-state index in [9.17, 15) is 9.59 Å². The lowest BCUT2D eigenvalue weighted by Crippen LogP contribution is -2.34. The van der Waals surface area contributed by atoms with E-state index in [2.05, 4.69) is 40.5 Å². The monoisotopic (exact) mass is 390 g/mol. The highest BCUT2D eigenvalue weighted by Gasteiger charge is 2.20. The van der Waals surface area contributed by atoms with Crippen LogP contribution < -0.4 is 10.9 Å². The maximum Gasteiger partial charge on any atom is 0.336 e. The van der Waals surface area contributed by atoms with Crippen molar-refractivity contribution in [3.05, 3.63) is 76.1 Å². The Balaban J connectivity index is 1.44. The van der Waals surface area contributed by atoms with E-state index >= 15 is 0 Å². The van der Waals surface area contributed by atoms with Crippen molar-refractivity contribution in [2.24, 2.45) is 5.92 Å². The number of piperidine rings is 1. The molecular formula is C24H26N2O3. The third-order valence-electron chi connectivity index (χ3n) is 5.62. The van der Waals surface area contributed by atoms with Gasteiger partial charge in [0.1, 0.15) is 5.58 Å². The van der Waals surface area contributed by atoms with E-state index in [1.165, 1.54) is 25.3 Å². The van der Waals surface area contributed by atoms with Crippen LogP contribution in [0, 0.1) is 5.92 Å². The van der Waals surface area contributed by atoms with Crippen LogP contribution in [-0.4, -0.2) is 23.9 Å². The van der Waals surface area contributed by atoms with Gasteiger partial charge in [0.25, 0.3) is 0 Å². The molecular weight excluding hydrogens is 364 g/mol. The first kappa shape index (κ1) is 19.4. The molecule has 1 saturated heterocycles. The summed E-state index contributed by atoms with van der Waals surface area (Å²) >= 11 is 0. The van der Waals surface area contributed by atoms with Crippen molar-refractivity contribution in [1.82, 2.24) is 4.90 Å². The van der Waals surface area contributed by atoms with E-state index in [4.69, 9.17) is 4.42 Å². The number of hydrogen-bond acceptors (Lipinski definition) is 4. The number of hydrogen-bond donors (Lipinski definition) is 1. The molecule has 5 heteroatoms. The maximum atomic E-state index is 12.1. The number of benzene rings is 2. The number of nitrogens with one attached hydrogen (secondary N) is 1. The molecule has 3 aromatic rings. The Morgan fingerprint density at radius 3 is 2.59 bits per heavy atom. The van der Waals surface area contributed by atoms with Gasteiger partial charge in [-0.1, -0.05) is 30.3 Å². The van der Waals surface area contributed by atoms with E-state index in [1.807, 2.05) is 12.1 Å². The van der Waals surface area contributed by atoms with Crippen molar-refractivity contribution in [2.75, 3.05) is 18.4 Å². The third kappa shape index (κ3) is 4.93. The average Bonchev–Trinajstić information content (AvgIpc) is 2.69. The van der Waals surface area contributed by atoms with Gasteiger partial charge in [-0.25, -0.2) is 4.79 Å². The number of likely N-dealkylation sites (tertiary alicyclic amines) is 1. The first-order valence-corrected chi connectivity index (χ1v) is 10.2. The molecule has 1 aromatic heterocycles. The molecule has 0 bridgehead atoms. The maximum absolute atomic E-state index is 12.1. The summed E-state index contributed by atoms with van der Waals surface area (Å²) in [6.45, 7) is 4.25. The van der Waals surface area contributed by atoms with Crippen LogP contribution in [0.25, 0.3) is 11.0 Å². The second-order valence-electron chi connectivity index (χ2n) is 7.89. The van der Waals surface area contributed by atoms with Crippen molar-refractivity contribution in [3.63, 3.8) is 0 Å². The average molecular weight is 390 g/mol. The largest absolute Gasteiger partial charge is 0.423 e. The van der Waals surface area contributed by atoms with E-state index in [0.29, 0.717) is 17.2 Å². The van der Waals surface area contributed by atoms with E-state index in [0.717, 1.165) is 37.0 Å². The zero-order chi connectivity index (χ0) is 20.2. The number of nitrogens with zero attached hydrogens (tertiary/aromatic N) is 1. The molecule has 0 unspecified atom stereocenters. The highest BCUT2D eigenvalue weighted by molar-refractivity contribution is 5.92. The Bertz CT molecular complexity index is 1050. The molecule has 29 heavy (non-hydrogen) atoms. The molecule has 150 valence electrons. The van der Waals surface area contributed by atoms with Gasteiger partial charge < -0.3 is 9.73 Å². The molecule has 1 aliphatic heterocycles. The van der Waals surface area contributed by atoms with E-state index < -0.39 is 0 Å². The number of carbonyl (C=O) groups is 1. The lowest BCUT2D eigenvalue weighted by atomic mass is 9.90. The highest BCUT2D eigenvalue weighted by atomic mass is 16.4. The van der Waals surface area contributed by atoms with Gasteiger partial charge in [0, 0.05) is 36.7 Å². The molecule has 1 N–H and O–H groups in total. The zero-order valence-corrected chi connectivity index (χ0v) is 16.7. The summed E-state index contributed by atoms with van der Waals surface area (Å²) in [5.41, 5.74) is 3.18. The van der Waals surface area contributed by atoms with Crippen molar-refractivity contribution in [2.45, 2.75) is 32.7 Å². The van der Waals surface area contributed by atoms with Gasteiger partial charge in [-0.3, -0.25) is 9.69 Å². The SMILES string of the molecule is CC(=O)Nc1ccc2c(CN3CCC(Cc4ccccc4)CC3)cc(=O)oc2c1. The van der Waals surface area contributed by atoms with E-state index in [1.54, 1.807) is 12.1 Å². The lowest BCUT2D eigenvalue weighted by Gasteiger charge is -2.32. The fourth-order valence-electron chi connectivity index (χ4n) is 4.18. The summed E-state index contributed by atoms with van der Waals surface area (Å²) in [6, 6.07) is 17.8. The van der Waals surface area contributed by atoms with Crippen LogP contribution in [0.1, 0.15) is 30.9 Å². The number of fused-ring (bicyclic) bond motifs is 1. The molecule has 2 aromatic carbocycles. The summed E-state index contributed by atoms with van der Waals surface area (Å²) in [6.07, 6.45) is 3.47. The minimum Gasteiger partial charge on any atom is -0.423 e. The molecule has 0 atom stereocenters. The van der Waals surface area contributed by atoms with Crippen molar-refractivity contribution in [1.29, 1.82) is 0 Å². The molecule has 4 rings (SSSR count). The fraction of sp³-hybridized carbons (Fsp3) is 0.333. The Morgan fingerprint density at radius 2 is 1.86 bits per heavy atom. The lowest BCUT2D eigenvalue weighted by molar-refractivity contribution is -0.114. The molecule has 0 aliphatic carbocycles. The Morgan fingerprint density at radius 1 is 1.10 bits per heavy atom. The number of carbonyl (C=O) groups excluding carboxylic acids is 1. The predicted octanol–water partition coefficient (Wildman–Crippen LogP) is 4.21. The van der Waals surface area contributed by atoms with Crippen LogP contribution >= 0.6 is 0 Å². The summed E-state index contributed by atoms with van der Waals surface area (Å²) in [5, 5.41) is 3.65. The second-order valence-corrected chi connectivity index (χ2v) is 7.89. The van der Waals surface area contributed by atoms with Gasteiger partial charge in [-0.15, -0.1) is 0 Å². The fourth-order valence-corrected chi connectivity index (χ4v) is 4.18. The molecule has 0 radical (unpaired) electrons. The Hall–Kier alpha value is -2.92. The standard InChI is InChI=1S/C24H26N2O3/c1-17(27)25-21-7-8-22-20(14-24(28)29-23(22)15-21)16-26-11-9-19(10-12-26)13-18-5-3-2-4-6-18/h2-8,14-15,19H,9-13,16H2,1H3,(H,25,27). The van der Waals surface area contributed by atoms with Crippen molar-refractivity contribution in [3.8, 4) is 0 Å². The third-order valence-corrected chi connectivity index (χ3v) is 5.62. The van der Waals surface area contributed by atoms with Crippen LogP contribution in [0.3, 0.4) is 0 Å². The van der Waals surface area contributed by atoms with Gasteiger partial charge >= 0.3 is 5.63 Å². The van der Waals surface area contributed by atoms with E-state index in [-0.39, 0.29) is 11.5 Å². The first-order valence-electron chi connectivity index (χ1n) is 10.2. The Kier molecular flexibility index (Phi) is 5.76. The normalized spacial score (nSPS) is 15.5. The molecule has 1 aliphatic rings. The predicted molar refractivity (Wildman–Crippen MR) is 115 cm³/mol. The van der Waals surface area contributed by atoms with Crippen molar-refractivity contribution < 1.29 is 9.21 Å². The first-order chi connectivity index (χ1) is 14.1. The summed E-state index contributed by atoms with van der Waals surface area (Å²) in [4.78, 5) is 25.8. The molecule has 2 heterocycles. The smallest absolute Gasteiger partial charge is 0.336 e. The minimum absolute atomic E-state index is 0.152. The van der Waals surface area contributed by atoms with Crippen LogP contribution in [0.5, 0.6) is 0 Å². The van der Waals surface area contributed by atoms with Crippen LogP contribution in [0.4, 0.5) is 5.69 Å². The molecule has 0 saturated carbocycles. The summed E-state index contributed by atoms with van der Waals surface area (Å²) < 4.78 is 5.37. The van der Waals surface area contributed by atoms with Crippen LogP contribution in [0.15, 0.2) is 63.8 Å². The molecule has 0 spiro atoms.